The van der Waals surface area contributed by atoms with Crippen LogP contribution in [0.3, 0.4) is 0 Å². The summed E-state index contributed by atoms with van der Waals surface area (Å²) in [5, 5.41) is 21.8. The molecule has 0 saturated carbocycles. The fourth-order valence-electron chi connectivity index (χ4n) is 3.37. The second-order valence-corrected chi connectivity index (χ2v) is 7.69. The Balaban J connectivity index is 1.52. The highest BCUT2D eigenvalue weighted by molar-refractivity contribution is 5.43. The number of anilines is 2. The zero-order valence-corrected chi connectivity index (χ0v) is 19.9. The summed E-state index contributed by atoms with van der Waals surface area (Å²) in [6, 6.07) is 6.07. The third-order valence-electron chi connectivity index (χ3n) is 5.30. The molecule has 1 saturated heterocycles. The lowest BCUT2D eigenvalue weighted by molar-refractivity contribution is -0.385. The number of aromatic nitrogens is 2. The normalized spacial score (nSPS) is 17.7. The Morgan fingerprint density at radius 2 is 0.917 bits per heavy atom. The van der Waals surface area contributed by atoms with Gasteiger partial charge in [0.2, 0.25) is 0 Å². The Labute approximate surface area is 208 Å². The van der Waals surface area contributed by atoms with Crippen LogP contribution in [-0.4, -0.2) is 98.8 Å². The van der Waals surface area contributed by atoms with Gasteiger partial charge in [-0.25, -0.2) is 9.97 Å². The van der Waals surface area contributed by atoms with Gasteiger partial charge in [-0.15, -0.1) is 0 Å². The lowest BCUT2D eigenvalue weighted by Crippen LogP contribution is -2.33. The van der Waals surface area contributed by atoms with Crippen molar-refractivity contribution in [3.8, 4) is 0 Å². The number of rotatable bonds is 4. The highest BCUT2D eigenvalue weighted by Gasteiger charge is 2.13. The van der Waals surface area contributed by atoms with Crippen LogP contribution < -0.4 is 9.80 Å². The highest BCUT2D eigenvalue weighted by Crippen LogP contribution is 2.17. The lowest BCUT2D eigenvalue weighted by Gasteiger charge is -2.25. The molecular weight excluding hydrogens is 476 g/mol. The van der Waals surface area contributed by atoms with Gasteiger partial charge in [-0.05, 0) is 12.1 Å². The molecular formula is C22H30N6O8. The van der Waals surface area contributed by atoms with Crippen molar-refractivity contribution in [3.05, 3.63) is 56.9 Å². The maximum atomic E-state index is 10.9. The average Bonchev–Trinajstić information content (AvgIpc) is 2.88. The van der Waals surface area contributed by atoms with Crippen molar-refractivity contribution in [3.63, 3.8) is 0 Å². The summed E-state index contributed by atoms with van der Waals surface area (Å²) in [5.41, 5.74) is -0.130. The smallest absolute Gasteiger partial charge is 0.287 e. The summed E-state index contributed by atoms with van der Waals surface area (Å²) in [6.45, 7) is 5.41. The van der Waals surface area contributed by atoms with Crippen molar-refractivity contribution < 1.29 is 28.8 Å². The highest BCUT2D eigenvalue weighted by atomic mass is 16.6. The second kappa shape index (κ2) is 14.8. The molecule has 1 aliphatic rings. The van der Waals surface area contributed by atoms with E-state index in [9.17, 15) is 20.2 Å². The van der Waals surface area contributed by atoms with E-state index in [2.05, 4.69) is 9.97 Å². The zero-order valence-electron chi connectivity index (χ0n) is 19.9. The van der Waals surface area contributed by atoms with Gasteiger partial charge in [0.15, 0.2) is 0 Å². The number of nitro groups is 2. The molecule has 0 bridgehead atoms. The van der Waals surface area contributed by atoms with Crippen molar-refractivity contribution in [2.24, 2.45) is 0 Å². The van der Waals surface area contributed by atoms with Crippen LogP contribution in [0.2, 0.25) is 0 Å². The average molecular weight is 507 g/mol. The van der Waals surface area contributed by atoms with E-state index in [-0.39, 0.29) is 11.4 Å². The molecule has 0 aromatic carbocycles. The third-order valence-corrected chi connectivity index (χ3v) is 5.30. The minimum atomic E-state index is -0.482. The molecule has 196 valence electrons. The minimum absolute atomic E-state index is 0.0649. The molecule has 2 aromatic rings. The first kappa shape index (κ1) is 27.1. The van der Waals surface area contributed by atoms with Crippen LogP contribution in [0, 0.1) is 20.2 Å². The van der Waals surface area contributed by atoms with Gasteiger partial charge < -0.3 is 28.7 Å². The standard InChI is InChI=1S/C22H30N6O8/c29-27(30)19-1-3-21(23-17-19)25-5-9-33-13-15-35-11-7-26(8-12-36-16-14-34-10-6-25)22-4-2-20(18-24-22)28(31)32/h1-4,17-18H,5-16H2. The third kappa shape index (κ3) is 8.96. The van der Waals surface area contributed by atoms with Gasteiger partial charge in [0, 0.05) is 38.3 Å². The van der Waals surface area contributed by atoms with Crippen molar-refractivity contribution in [1.82, 2.24) is 9.97 Å². The minimum Gasteiger partial charge on any atom is -0.377 e. The number of ether oxygens (including phenoxy) is 4. The van der Waals surface area contributed by atoms with E-state index < -0.39 is 9.85 Å². The van der Waals surface area contributed by atoms with Gasteiger partial charge in [0.25, 0.3) is 11.4 Å². The molecule has 0 atom stereocenters. The molecule has 14 nitrogen and oxygen atoms in total. The largest absolute Gasteiger partial charge is 0.377 e. The summed E-state index contributed by atoms with van der Waals surface area (Å²) in [5.74, 6) is 1.21. The van der Waals surface area contributed by atoms with Crippen LogP contribution in [-0.2, 0) is 18.9 Å². The Morgan fingerprint density at radius 1 is 0.583 bits per heavy atom. The summed E-state index contributed by atoms with van der Waals surface area (Å²) in [6.07, 6.45) is 2.47. The number of hydrogen-bond acceptors (Lipinski definition) is 12. The maximum Gasteiger partial charge on any atom is 0.287 e. The fraction of sp³-hybridized carbons (Fsp3) is 0.545. The topological polar surface area (TPSA) is 155 Å². The monoisotopic (exact) mass is 506 g/mol. The molecule has 0 N–H and O–H groups in total. The SMILES string of the molecule is O=[N+]([O-])c1ccc(N2CCOCCOCCN(c3ccc([N+](=O)[O-])cn3)CCOCCOCC2)nc1. The van der Waals surface area contributed by atoms with Crippen molar-refractivity contribution in [2.75, 3.05) is 88.8 Å². The molecule has 3 heterocycles. The van der Waals surface area contributed by atoms with Crippen LogP contribution in [0.4, 0.5) is 23.0 Å². The van der Waals surface area contributed by atoms with Crippen LogP contribution in [0.1, 0.15) is 0 Å². The summed E-state index contributed by atoms with van der Waals surface area (Å²) < 4.78 is 22.7. The number of pyridine rings is 2. The molecule has 3 rings (SSSR count). The molecule has 14 heteroatoms. The molecule has 36 heavy (non-hydrogen) atoms. The van der Waals surface area contributed by atoms with E-state index in [4.69, 9.17) is 18.9 Å². The van der Waals surface area contributed by atoms with Crippen molar-refractivity contribution >= 4 is 23.0 Å². The van der Waals surface area contributed by atoms with Gasteiger partial charge in [0.1, 0.15) is 24.0 Å². The van der Waals surface area contributed by atoms with E-state index >= 15 is 0 Å². The van der Waals surface area contributed by atoms with Gasteiger partial charge in [0.05, 0.1) is 62.7 Å². The van der Waals surface area contributed by atoms with E-state index in [0.29, 0.717) is 90.7 Å². The van der Waals surface area contributed by atoms with Crippen molar-refractivity contribution in [1.29, 1.82) is 0 Å². The number of nitrogens with zero attached hydrogens (tertiary/aromatic N) is 6. The zero-order chi connectivity index (χ0) is 25.6. The lowest BCUT2D eigenvalue weighted by atomic mass is 10.3. The van der Waals surface area contributed by atoms with E-state index in [1.165, 1.54) is 24.5 Å². The van der Waals surface area contributed by atoms with Crippen LogP contribution in [0.15, 0.2) is 36.7 Å². The fourth-order valence-corrected chi connectivity index (χ4v) is 3.37. The van der Waals surface area contributed by atoms with Gasteiger partial charge in [-0.3, -0.25) is 20.2 Å². The van der Waals surface area contributed by atoms with Gasteiger partial charge in [-0.2, -0.15) is 0 Å². The molecule has 2 aromatic heterocycles. The first-order valence-electron chi connectivity index (χ1n) is 11.6. The van der Waals surface area contributed by atoms with E-state index in [1.54, 1.807) is 12.1 Å². The molecule has 0 amide bonds. The van der Waals surface area contributed by atoms with Crippen molar-refractivity contribution in [2.45, 2.75) is 0 Å². The van der Waals surface area contributed by atoms with Crippen LogP contribution >= 0.6 is 0 Å². The van der Waals surface area contributed by atoms with Crippen LogP contribution in [0.25, 0.3) is 0 Å². The second-order valence-electron chi connectivity index (χ2n) is 7.69. The number of hydrogen-bond donors (Lipinski definition) is 0. The Kier molecular flexibility index (Phi) is 11.2. The summed E-state index contributed by atoms with van der Waals surface area (Å²) in [4.78, 5) is 33.1. The Morgan fingerprint density at radius 3 is 1.17 bits per heavy atom. The Bertz CT molecular complexity index is 849. The first-order valence-corrected chi connectivity index (χ1v) is 11.6. The van der Waals surface area contributed by atoms with Gasteiger partial charge >= 0.3 is 0 Å². The van der Waals surface area contributed by atoms with E-state index in [1.807, 2.05) is 9.80 Å². The van der Waals surface area contributed by atoms with Crippen LogP contribution in [0.5, 0.6) is 0 Å². The van der Waals surface area contributed by atoms with E-state index in [0.717, 1.165) is 0 Å². The Hall–Kier alpha value is -3.46. The molecule has 1 aliphatic heterocycles. The quantitative estimate of drug-likeness (QED) is 0.437. The molecule has 0 aliphatic carbocycles. The summed E-state index contributed by atoms with van der Waals surface area (Å²) >= 11 is 0. The molecule has 1 fully saturated rings. The van der Waals surface area contributed by atoms with Gasteiger partial charge in [-0.1, -0.05) is 0 Å². The molecule has 0 unspecified atom stereocenters. The maximum absolute atomic E-state index is 10.9. The predicted octanol–water partition coefficient (Wildman–Crippen LogP) is 1.69. The first-order chi connectivity index (χ1) is 17.5. The summed E-state index contributed by atoms with van der Waals surface area (Å²) in [7, 11) is 0. The molecule has 0 spiro atoms. The predicted molar refractivity (Wildman–Crippen MR) is 129 cm³/mol. The molecule has 0 radical (unpaired) electrons.